The zero-order valence-corrected chi connectivity index (χ0v) is 17.2. The molecule has 0 bridgehead atoms. The molecule has 2 aromatic carbocycles. The van der Waals surface area contributed by atoms with Crippen LogP contribution in [0.2, 0.25) is 0 Å². The van der Waals surface area contributed by atoms with Gasteiger partial charge in [-0.1, -0.05) is 30.3 Å². The van der Waals surface area contributed by atoms with Crippen LogP contribution in [0.1, 0.15) is 27.2 Å². The number of imidazole rings is 1. The largest absolute Gasteiger partial charge is 0.416 e. The van der Waals surface area contributed by atoms with Gasteiger partial charge in [-0.2, -0.15) is 13.2 Å². The first-order chi connectivity index (χ1) is 15.1. The smallest absolute Gasteiger partial charge is 0.332 e. The summed E-state index contributed by atoms with van der Waals surface area (Å²) in [6.07, 6.45) is -2.07. The molecule has 0 saturated carbocycles. The number of benzene rings is 2. The number of aliphatic imine (C=N–C) groups is 1. The fourth-order valence-corrected chi connectivity index (χ4v) is 4.60. The van der Waals surface area contributed by atoms with E-state index in [4.69, 9.17) is 0 Å². The highest BCUT2D eigenvalue weighted by molar-refractivity contribution is 8.45. The van der Waals surface area contributed by atoms with Gasteiger partial charge in [0.15, 0.2) is 0 Å². The quantitative estimate of drug-likeness (QED) is 0.508. The average molecular weight is 466 g/mol. The molecule has 2 heterocycles. The summed E-state index contributed by atoms with van der Waals surface area (Å²) < 4.78 is 72.3. The lowest BCUT2D eigenvalue weighted by molar-refractivity contribution is -0.137. The Morgan fingerprint density at radius 2 is 1.78 bits per heavy atom. The molecule has 5 nitrogen and oxygen atoms in total. The van der Waals surface area contributed by atoms with Crippen LogP contribution < -0.4 is 5.32 Å². The van der Waals surface area contributed by atoms with Gasteiger partial charge in [0.1, 0.15) is 16.5 Å². The van der Waals surface area contributed by atoms with Gasteiger partial charge >= 0.3 is 6.18 Å². The second kappa shape index (κ2) is 7.90. The Kier molecular flexibility index (Phi) is 5.37. The minimum atomic E-state index is -4.95. The summed E-state index contributed by atoms with van der Waals surface area (Å²) >= 11 is 0. The summed E-state index contributed by atoms with van der Waals surface area (Å²) in [5.41, 5.74) is -1.33. The van der Waals surface area contributed by atoms with Crippen molar-refractivity contribution in [1.82, 2.24) is 14.9 Å². The number of carbonyl (C=O) groups is 1. The van der Waals surface area contributed by atoms with Gasteiger partial charge in [0.25, 0.3) is 5.91 Å². The van der Waals surface area contributed by atoms with Crippen molar-refractivity contribution in [3.63, 3.8) is 0 Å². The summed E-state index contributed by atoms with van der Waals surface area (Å²) in [6, 6.07) is 11.4. The molecule has 32 heavy (non-hydrogen) atoms. The van der Waals surface area contributed by atoms with Crippen molar-refractivity contribution in [3.05, 3.63) is 89.5 Å². The Hall–Kier alpha value is -3.47. The topological polar surface area (TPSA) is 59.3 Å². The molecule has 0 spiro atoms. The van der Waals surface area contributed by atoms with Gasteiger partial charge in [-0.3, -0.25) is 10.1 Å². The van der Waals surface area contributed by atoms with E-state index < -0.39 is 38.5 Å². The number of hydrogen-bond donors (Lipinski definition) is 1. The first kappa shape index (κ1) is 21.8. The van der Waals surface area contributed by atoms with Gasteiger partial charge in [-0.25, -0.2) is 9.98 Å². The van der Waals surface area contributed by atoms with Gasteiger partial charge < -0.3 is 4.57 Å². The van der Waals surface area contributed by atoms with E-state index in [-0.39, 0.29) is 22.5 Å². The third-order valence-electron chi connectivity index (χ3n) is 4.70. The molecule has 0 saturated heterocycles. The Morgan fingerprint density at radius 1 is 1.06 bits per heavy atom. The molecule has 0 fully saturated rings. The normalized spacial score (nSPS) is 16.6. The standard InChI is InChI=1S/C21H15F5N4OS/c1-30-12-27-11-16(30)17-18(14-8-5-9-15(10-14)21(22,23)24)32(25,26)20(28-17)29-19(31)13-6-3-2-4-7-13/h2-12H,1H3,(H,28,29,31). The lowest BCUT2D eigenvalue weighted by Crippen LogP contribution is -2.30. The Bertz CT molecular complexity index is 1250. The van der Waals surface area contributed by atoms with Crippen LogP contribution in [0.15, 0.2) is 72.1 Å². The predicted molar refractivity (Wildman–Crippen MR) is 113 cm³/mol. The fourth-order valence-electron chi connectivity index (χ4n) is 3.16. The first-order valence-electron chi connectivity index (χ1n) is 9.15. The van der Waals surface area contributed by atoms with Crippen LogP contribution in [-0.4, -0.2) is 20.6 Å². The van der Waals surface area contributed by atoms with Crippen LogP contribution in [0.4, 0.5) is 20.9 Å². The molecule has 1 amide bonds. The number of amides is 1. The number of rotatable bonds is 3. The van der Waals surface area contributed by atoms with Gasteiger partial charge in [0.2, 0.25) is 5.17 Å². The number of amidine groups is 1. The number of nitrogens with one attached hydrogen (secondary N) is 1. The number of nitrogens with zero attached hydrogens (tertiary/aromatic N) is 3. The van der Waals surface area contributed by atoms with Gasteiger partial charge in [0.05, 0.1) is 28.7 Å². The van der Waals surface area contributed by atoms with Crippen LogP contribution in [0.3, 0.4) is 0 Å². The van der Waals surface area contributed by atoms with E-state index in [0.29, 0.717) is 6.07 Å². The number of halogens is 5. The molecule has 1 aliphatic heterocycles. The number of aromatic nitrogens is 2. The van der Waals surface area contributed by atoms with Crippen LogP contribution in [0.5, 0.6) is 0 Å². The van der Waals surface area contributed by atoms with Crippen LogP contribution in [0, 0.1) is 0 Å². The molecule has 166 valence electrons. The number of carbonyl (C=O) groups excluding carboxylic acids is 1. The van der Waals surface area contributed by atoms with Gasteiger partial charge in [-0.15, -0.1) is 7.77 Å². The molecule has 0 aliphatic carbocycles. The van der Waals surface area contributed by atoms with E-state index in [1.165, 1.54) is 35.3 Å². The van der Waals surface area contributed by atoms with Crippen molar-refractivity contribution in [3.8, 4) is 0 Å². The van der Waals surface area contributed by atoms with Gasteiger partial charge in [-0.05, 0) is 29.8 Å². The molecule has 1 aliphatic rings. The van der Waals surface area contributed by atoms with Crippen molar-refractivity contribution in [1.29, 1.82) is 0 Å². The monoisotopic (exact) mass is 466 g/mol. The molecule has 1 N–H and O–H groups in total. The van der Waals surface area contributed by atoms with Crippen molar-refractivity contribution < 1.29 is 25.7 Å². The zero-order valence-electron chi connectivity index (χ0n) is 16.4. The van der Waals surface area contributed by atoms with Crippen LogP contribution in [0.25, 0.3) is 10.6 Å². The number of alkyl halides is 3. The summed E-state index contributed by atoms with van der Waals surface area (Å²) in [5, 5.41) is 1.25. The van der Waals surface area contributed by atoms with Crippen molar-refractivity contribution >= 4 is 32.5 Å². The van der Waals surface area contributed by atoms with E-state index >= 15 is 7.77 Å². The summed E-state index contributed by atoms with van der Waals surface area (Å²) in [6.45, 7) is 0. The second-order valence-electron chi connectivity index (χ2n) is 6.85. The third kappa shape index (κ3) is 3.91. The summed E-state index contributed by atoms with van der Waals surface area (Å²) in [5.74, 6) is -0.800. The molecule has 0 radical (unpaired) electrons. The maximum atomic E-state index is 15.6. The maximum Gasteiger partial charge on any atom is 0.416 e. The van der Waals surface area contributed by atoms with E-state index in [9.17, 15) is 18.0 Å². The molecular weight excluding hydrogens is 451 g/mol. The minimum Gasteiger partial charge on any atom is -0.332 e. The predicted octanol–water partition coefficient (Wildman–Crippen LogP) is 5.64. The van der Waals surface area contributed by atoms with Crippen LogP contribution in [-0.2, 0) is 13.2 Å². The lowest BCUT2D eigenvalue weighted by Gasteiger charge is -2.22. The first-order valence-corrected chi connectivity index (χ1v) is 10.6. The van der Waals surface area contributed by atoms with Crippen molar-refractivity contribution in [2.75, 3.05) is 0 Å². The minimum absolute atomic E-state index is 0.139. The average Bonchev–Trinajstić information content (AvgIpc) is 3.28. The Balaban J connectivity index is 1.82. The second-order valence-corrected chi connectivity index (χ2v) is 8.59. The van der Waals surface area contributed by atoms with Crippen molar-refractivity contribution in [2.24, 2.45) is 12.0 Å². The maximum absolute atomic E-state index is 15.6. The summed E-state index contributed by atoms with van der Waals surface area (Å²) in [7, 11) is -3.40. The molecule has 4 rings (SSSR count). The zero-order chi connectivity index (χ0) is 23.1. The molecule has 11 heteroatoms. The molecular formula is C21H15F5N4OS. The molecule has 0 unspecified atom stereocenters. The lowest BCUT2D eigenvalue weighted by atomic mass is 10.1. The molecule has 1 aromatic heterocycles. The highest BCUT2D eigenvalue weighted by Gasteiger charge is 2.46. The number of hydrogen-bond acceptors (Lipinski definition) is 3. The SMILES string of the molecule is Cn1cncc1C1=C(c2cccc(C(F)(F)F)c2)S(F)(F)C(NC(=O)c2ccccc2)=N1. The van der Waals surface area contributed by atoms with E-state index in [1.807, 2.05) is 0 Å². The van der Waals surface area contributed by atoms with Crippen molar-refractivity contribution in [2.45, 2.75) is 6.18 Å². The third-order valence-corrected chi connectivity index (χ3v) is 6.32. The Labute approximate surface area is 181 Å². The van der Waals surface area contributed by atoms with E-state index in [2.05, 4.69) is 15.3 Å². The Morgan fingerprint density at radius 3 is 2.41 bits per heavy atom. The summed E-state index contributed by atoms with van der Waals surface area (Å²) in [4.78, 5) is 19.7. The van der Waals surface area contributed by atoms with Gasteiger partial charge in [0, 0.05) is 12.6 Å². The van der Waals surface area contributed by atoms with E-state index in [1.54, 1.807) is 25.2 Å². The van der Waals surface area contributed by atoms with E-state index in [0.717, 1.165) is 12.1 Å². The number of aryl methyl sites for hydroxylation is 1. The molecule has 0 atom stereocenters. The fraction of sp³-hybridized carbons (Fsp3) is 0.0952. The highest BCUT2D eigenvalue weighted by Crippen LogP contribution is 2.69. The van der Waals surface area contributed by atoms with Crippen LogP contribution >= 0.6 is 10.8 Å². The molecule has 3 aromatic rings. The highest BCUT2D eigenvalue weighted by atomic mass is 32.3.